The molecule has 0 saturated carbocycles. The molecule has 2 aromatic carbocycles. The molecule has 5 nitrogen and oxygen atoms in total. The van der Waals surface area contributed by atoms with Crippen LogP contribution in [0, 0.1) is 0 Å². The summed E-state index contributed by atoms with van der Waals surface area (Å²) in [4.78, 5) is 11.3. The van der Waals surface area contributed by atoms with Gasteiger partial charge in [-0.15, -0.1) is 0 Å². The van der Waals surface area contributed by atoms with Gasteiger partial charge in [-0.3, -0.25) is 9.00 Å². The number of methoxy groups -OCH3 is 1. The van der Waals surface area contributed by atoms with Gasteiger partial charge in [0.15, 0.2) is 0 Å². The van der Waals surface area contributed by atoms with E-state index < -0.39 is 10.8 Å². The number of carbonyl (C=O) groups is 1. The average molecular weight is 344 g/mol. The molecule has 1 heterocycles. The third-order valence-electron chi connectivity index (χ3n) is 3.65. The van der Waals surface area contributed by atoms with Crippen molar-refractivity contribution in [3.8, 4) is 5.75 Å². The second-order valence-electron chi connectivity index (χ2n) is 5.08. The van der Waals surface area contributed by atoms with Crippen LogP contribution in [0.4, 0.5) is 0 Å². The van der Waals surface area contributed by atoms with Crippen molar-refractivity contribution in [1.82, 2.24) is 0 Å². The van der Waals surface area contributed by atoms with E-state index in [1.54, 1.807) is 19.2 Å². The van der Waals surface area contributed by atoms with Gasteiger partial charge in [-0.05, 0) is 30.3 Å². The fourth-order valence-electron chi connectivity index (χ4n) is 2.47. The molecule has 0 aliphatic carbocycles. The van der Waals surface area contributed by atoms with Gasteiger partial charge in [0.25, 0.3) is 6.47 Å². The topological polar surface area (TPSA) is 65.7 Å². The van der Waals surface area contributed by atoms with Crippen molar-refractivity contribution in [1.29, 1.82) is 0 Å². The number of fused-ring (bicyclic) bond motifs is 1. The van der Waals surface area contributed by atoms with E-state index in [0.29, 0.717) is 29.1 Å². The molecule has 1 aromatic heterocycles. The molecule has 24 heavy (non-hydrogen) atoms. The second-order valence-corrected chi connectivity index (χ2v) is 6.53. The lowest BCUT2D eigenvalue weighted by molar-refractivity contribution is -0.129. The molecule has 1 atom stereocenters. The summed E-state index contributed by atoms with van der Waals surface area (Å²) >= 11 is 0. The molecule has 0 spiro atoms. The minimum Gasteiger partial charge on any atom is -0.497 e. The van der Waals surface area contributed by atoms with Gasteiger partial charge in [-0.2, -0.15) is 0 Å². The van der Waals surface area contributed by atoms with Gasteiger partial charge in [0.05, 0.1) is 23.7 Å². The fourth-order valence-corrected chi connectivity index (χ4v) is 3.57. The normalized spacial score (nSPS) is 12.0. The lowest BCUT2D eigenvalue weighted by atomic mass is 10.1. The zero-order chi connectivity index (χ0) is 16.9. The van der Waals surface area contributed by atoms with Crippen molar-refractivity contribution >= 4 is 28.2 Å². The predicted octanol–water partition coefficient (Wildman–Crippen LogP) is 3.42. The first-order valence-electron chi connectivity index (χ1n) is 7.30. The number of hydrogen-bond acceptors (Lipinski definition) is 5. The van der Waals surface area contributed by atoms with Crippen LogP contribution in [0.2, 0.25) is 0 Å². The van der Waals surface area contributed by atoms with Crippen LogP contribution in [0.15, 0.2) is 57.8 Å². The number of ether oxygens (including phenoxy) is 2. The lowest BCUT2D eigenvalue weighted by Gasteiger charge is -2.03. The van der Waals surface area contributed by atoms with Gasteiger partial charge in [-0.25, -0.2) is 0 Å². The zero-order valence-electron chi connectivity index (χ0n) is 13.1. The van der Waals surface area contributed by atoms with Gasteiger partial charge in [0.1, 0.15) is 23.7 Å². The average Bonchev–Trinajstić information content (AvgIpc) is 2.96. The summed E-state index contributed by atoms with van der Waals surface area (Å²) < 4.78 is 28.5. The molecule has 3 aromatic rings. The van der Waals surface area contributed by atoms with E-state index >= 15 is 0 Å². The zero-order valence-corrected chi connectivity index (χ0v) is 13.9. The van der Waals surface area contributed by atoms with Crippen LogP contribution < -0.4 is 4.74 Å². The minimum atomic E-state index is -1.25. The molecular formula is C18H16O5S. The molecule has 3 rings (SSSR count). The number of hydrogen-bond donors (Lipinski definition) is 0. The molecule has 0 aliphatic rings. The lowest BCUT2D eigenvalue weighted by Crippen LogP contribution is -1.99. The predicted molar refractivity (Wildman–Crippen MR) is 90.2 cm³/mol. The second kappa shape index (κ2) is 7.31. The highest BCUT2D eigenvalue weighted by atomic mass is 32.2. The molecule has 0 N–H and O–H groups in total. The van der Waals surface area contributed by atoms with Crippen LogP contribution in [-0.4, -0.2) is 17.8 Å². The van der Waals surface area contributed by atoms with Crippen LogP contribution in [0.25, 0.3) is 11.0 Å². The Balaban J connectivity index is 1.99. The Morgan fingerprint density at radius 1 is 1.17 bits per heavy atom. The number of carbonyl (C=O) groups excluding carboxylic acids is 1. The van der Waals surface area contributed by atoms with E-state index in [4.69, 9.17) is 13.9 Å². The van der Waals surface area contributed by atoms with Gasteiger partial charge in [0.2, 0.25) is 0 Å². The number of furan rings is 1. The third-order valence-corrected chi connectivity index (χ3v) is 4.97. The summed E-state index contributed by atoms with van der Waals surface area (Å²) in [7, 11) is 0.325. The Hall–Kier alpha value is -2.60. The standard InChI is InChI=1S/C18H16O5S/c1-21-13-7-8-17-15(9-13)16(10-22-12-19)18(23-17)11-24(20)14-5-3-2-4-6-14/h2-9,12H,10-11H2,1H3. The van der Waals surface area contributed by atoms with Crippen molar-refractivity contribution in [2.45, 2.75) is 17.3 Å². The molecule has 1 unspecified atom stereocenters. The van der Waals surface area contributed by atoms with Gasteiger partial charge in [0, 0.05) is 15.8 Å². The molecule has 0 amide bonds. The molecule has 6 heteroatoms. The fraction of sp³-hybridized carbons (Fsp3) is 0.167. The highest BCUT2D eigenvalue weighted by molar-refractivity contribution is 7.84. The first-order valence-corrected chi connectivity index (χ1v) is 8.61. The van der Waals surface area contributed by atoms with Crippen LogP contribution in [0.1, 0.15) is 11.3 Å². The molecule has 0 radical (unpaired) electrons. The Labute approximate surface area is 141 Å². The van der Waals surface area contributed by atoms with E-state index in [2.05, 4.69) is 0 Å². The number of benzene rings is 2. The molecule has 0 saturated heterocycles. The van der Waals surface area contributed by atoms with Crippen molar-refractivity contribution in [3.05, 3.63) is 59.9 Å². The highest BCUT2D eigenvalue weighted by Gasteiger charge is 2.18. The molecular weight excluding hydrogens is 328 g/mol. The summed E-state index contributed by atoms with van der Waals surface area (Å²) in [5.74, 6) is 1.42. The smallest absolute Gasteiger partial charge is 0.293 e. The molecule has 124 valence electrons. The van der Waals surface area contributed by atoms with E-state index in [1.807, 2.05) is 36.4 Å². The Kier molecular flexibility index (Phi) is 4.96. The van der Waals surface area contributed by atoms with E-state index in [9.17, 15) is 9.00 Å². The maximum atomic E-state index is 12.6. The minimum absolute atomic E-state index is 0.0605. The SMILES string of the molecule is COc1ccc2oc(CS(=O)c3ccccc3)c(COC=O)c2c1. The first kappa shape index (κ1) is 16.3. The molecule has 0 fully saturated rings. The monoisotopic (exact) mass is 344 g/mol. The summed E-state index contributed by atoms with van der Waals surface area (Å²) in [6.45, 7) is 0.446. The maximum absolute atomic E-state index is 12.6. The van der Waals surface area contributed by atoms with E-state index in [1.165, 1.54) is 0 Å². The van der Waals surface area contributed by atoms with Crippen LogP contribution in [0.3, 0.4) is 0 Å². The summed E-state index contributed by atoms with van der Waals surface area (Å²) in [6.07, 6.45) is 0. The van der Waals surface area contributed by atoms with Crippen molar-refractivity contribution < 1.29 is 22.9 Å². The van der Waals surface area contributed by atoms with Crippen molar-refractivity contribution in [3.63, 3.8) is 0 Å². The first-order chi connectivity index (χ1) is 11.7. The van der Waals surface area contributed by atoms with Crippen LogP contribution >= 0.6 is 0 Å². The highest BCUT2D eigenvalue weighted by Crippen LogP contribution is 2.31. The van der Waals surface area contributed by atoms with Gasteiger partial charge < -0.3 is 13.9 Å². The molecule has 0 bridgehead atoms. The largest absolute Gasteiger partial charge is 0.497 e. The Morgan fingerprint density at radius 2 is 1.96 bits per heavy atom. The maximum Gasteiger partial charge on any atom is 0.293 e. The third kappa shape index (κ3) is 3.33. The van der Waals surface area contributed by atoms with E-state index in [0.717, 1.165) is 10.3 Å². The molecule has 0 aliphatic heterocycles. The number of rotatable bonds is 7. The summed E-state index contributed by atoms with van der Waals surface area (Å²) in [6, 6.07) is 14.6. The van der Waals surface area contributed by atoms with E-state index in [-0.39, 0.29) is 12.4 Å². The summed E-state index contributed by atoms with van der Waals surface area (Å²) in [5, 5.41) is 0.788. The summed E-state index contributed by atoms with van der Waals surface area (Å²) in [5.41, 5.74) is 1.35. The van der Waals surface area contributed by atoms with Crippen molar-refractivity contribution in [2.24, 2.45) is 0 Å². The van der Waals surface area contributed by atoms with Crippen LogP contribution in [-0.2, 0) is 32.7 Å². The quantitative estimate of drug-likeness (QED) is 0.615. The Morgan fingerprint density at radius 3 is 2.67 bits per heavy atom. The van der Waals surface area contributed by atoms with Crippen molar-refractivity contribution in [2.75, 3.05) is 7.11 Å². The van der Waals surface area contributed by atoms with Gasteiger partial charge >= 0.3 is 0 Å². The van der Waals surface area contributed by atoms with Gasteiger partial charge in [-0.1, -0.05) is 18.2 Å². The van der Waals surface area contributed by atoms with Crippen LogP contribution in [0.5, 0.6) is 5.75 Å². The Bertz CT molecular complexity index is 870.